The Kier molecular flexibility index (Phi) is 3.23. The maximum absolute atomic E-state index is 11.8. The fourth-order valence-electron chi connectivity index (χ4n) is 1.72. The summed E-state index contributed by atoms with van der Waals surface area (Å²) in [6.45, 7) is 0. The third-order valence-electron chi connectivity index (χ3n) is 2.57. The molecule has 0 radical (unpaired) electrons. The molecule has 5 nitrogen and oxygen atoms in total. The number of fused-ring (bicyclic) bond motifs is 1. The third kappa shape index (κ3) is 1.90. The molecule has 1 aromatic heterocycles. The van der Waals surface area contributed by atoms with Crippen LogP contribution in [0.25, 0.3) is 10.8 Å². The summed E-state index contributed by atoms with van der Waals surface area (Å²) in [5.41, 5.74) is 0.0884. The van der Waals surface area contributed by atoms with Gasteiger partial charge in [0, 0.05) is 17.0 Å². The van der Waals surface area contributed by atoms with Gasteiger partial charge in [-0.05, 0) is 0 Å². The Morgan fingerprint density at radius 3 is 2.39 bits per heavy atom. The number of benzene rings is 1. The van der Waals surface area contributed by atoms with Crippen LogP contribution in [-0.4, -0.2) is 31.1 Å². The van der Waals surface area contributed by atoms with Crippen molar-refractivity contribution >= 4 is 22.7 Å². The van der Waals surface area contributed by atoms with Gasteiger partial charge in [0.15, 0.2) is 5.69 Å². The largest absolute Gasteiger partial charge is 0.465 e. The summed E-state index contributed by atoms with van der Waals surface area (Å²) >= 11 is 0. The Morgan fingerprint density at radius 2 is 1.72 bits per heavy atom. The lowest BCUT2D eigenvalue weighted by atomic mass is 10.0. The Hall–Kier alpha value is -2.43. The molecule has 0 fully saturated rings. The zero-order valence-electron chi connectivity index (χ0n) is 9.97. The summed E-state index contributed by atoms with van der Waals surface area (Å²) in [4.78, 5) is 27.4. The van der Waals surface area contributed by atoms with Crippen LogP contribution >= 0.6 is 0 Å². The molecule has 92 valence electrons. The highest BCUT2D eigenvalue weighted by atomic mass is 16.5. The molecule has 0 aliphatic heterocycles. The Labute approximate surface area is 103 Å². The second kappa shape index (κ2) is 4.83. The Balaban J connectivity index is 2.79. The van der Waals surface area contributed by atoms with Gasteiger partial charge in [0.25, 0.3) is 0 Å². The molecule has 0 aliphatic rings. The van der Waals surface area contributed by atoms with Crippen molar-refractivity contribution < 1.29 is 19.1 Å². The first-order valence-electron chi connectivity index (χ1n) is 5.23. The molecule has 2 aromatic rings. The topological polar surface area (TPSA) is 65.5 Å². The molecule has 18 heavy (non-hydrogen) atoms. The number of carbonyl (C=O) groups excluding carboxylic acids is 2. The summed E-state index contributed by atoms with van der Waals surface area (Å²) < 4.78 is 9.30. The van der Waals surface area contributed by atoms with Crippen molar-refractivity contribution in [1.82, 2.24) is 4.98 Å². The molecule has 0 saturated heterocycles. The fourth-order valence-corrected chi connectivity index (χ4v) is 1.72. The van der Waals surface area contributed by atoms with E-state index in [9.17, 15) is 9.59 Å². The lowest BCUT2D eigenvalue weighted by Gasteiger charge is -2.08. The smallest absolute Gasteiger partial charge is 0.357 e. The van der Waals surface area contributed by atoms with Gasteiger partial charge in [0.2, 0.25) is 0 Å². The lowest BCUT2D eigenvalue weighted by molar-refractivity contribution is 0.0551. The van der Waals surface area contributed by atoms with E-state index in [0.717, 1.165) is 5.39 Å². The van der Waals surface area contributed by atoms with E-state index in [1.54, 1.807) is 18.2 Å². The van der Waals surface area contributed by atoms with Crippen molar-refractivity contribution in [2.45, 2.75) is 0 Å². The zero-order chi connectivity index (χ0) is 13.1. The van der Waals surface area contributed by atoms with Gasteiger partial charge in [0.1, 0.15) is 5.56 Å². The van der Waals surface area contributed by atoms with Gasteiger partial charge >= 0.3 is 11.9 Å². The number of hydrogen-bond acceptors (Lipinski definition) is 5. The van der Waals surface area contributed by atoms with Crippen LogP contribution in [0.4, 0.5) is 0 Å². The predicted octanol–water partition coefficient (Wildman–Crippen LogP) is 1.81. The van der Waals surface area contributed by atoms with Gasteiger partial charge in [-0.25, -0.2) is 14.6 Å². The molecular weight excluding hydrogens is 234 g/mol. The number of aromatic nitrogens is 1. The number of carbonyl (C=O) groups is 2. The van der Waals surface area contributed by atoms with Crippen molar-refractivity contribution in [2.24, 2.45) is 0 Å². The van der Waals surface area contributed by atoms with Crippen molar-refractivity contribution in [1.29, 1.82) is 0 Å². The van der Waals surface area contributed by atoms with E-state index >= 15 is 0 Å². The molecule has 0 N–H and O–H groups in total. The molecule has 0 bridgehead atoms. The fraction of sp³-hybridized carbons (Fsp3) is 0.154. The van der Waals surface area contributed by atoms with E-state index in [2.05, 4.69) is 9.72 Å². The zero-order valence-corrected chi connectivity index (χ0v) is 9.97. The van der Waals surface area contributed by atoms with Gasteiger partial charge in [0.05, 0.1) is 14.2 Å². The molecule has 0 amide bonds. The summed E-state index contributed by atoms with van der Waals surface area (Å²) in [7, 11) is 2.49. The van der Waals surface area contributed by atoms with E-state index < -0.39 is 11.9 Å². The van der Waals surface area contributed by atoms with E-state index in [4.69, 9.17) is 4.74 Å². The summed E-state index contributed by atoms with van der Waals surface area (Å²) in [5, 5.41) is 1.37. The molecule has 2 rings (SSSR count). The van der Waals surface area contributed by atoms with Crippen molar-refractivity contribution in [3.63, 3.8) is 0 Å². The second-order valence-corrected chi connectivity index (χ2v) is 3.55. The Morgan fingerprint density at radius 1 is 1.06 bits per heavy atom. The van der Waals surface area contributed by atoms with Gasteiger partial charge in [-0.3, -0.25) is 0 Å². The van der Waals surface area contributed by atoms with Crippen LogP contribution < -0.4 is 0 Å². The van der Waals surface area contributed by atoms with E-state index in [1.807, 2.05) is 6.07 Å². The minimum absolute atomic E-state index is 0.0388. The minimum Gasteiger partial charge on any atom is -0.465 e. The van der Waals surface area contributed by atoms with Crippen LogP contribution in [0.5, 0.6) is 0 Å². The lowest BCUT2D eigenvalue weighted by Crippen LogP contribution is -2.14. The van der Waals surface area contributed by atoms with Crippen LogP contribution in [0, 0.1) is 0 Å². The standard InChI is InChI=1S/C13H11NO4/c1-17-12(15)10-9-6-4-3-5-8(9)7-14-11(10)13(16)18-2/h3-7H,1-2H3. The van der Waals surface area contributed by atoms with E-state index in [0.29, 0.717) is 5.39 Å². The first-order valence-corrected chi connectivity index (χ1v) is 5.23. The third-order valence-corrected chi connectivity index (χ3v) is 2.57. The molecule has 5 heteroatoms. The van der Waals surface area contributed by atoms with Crippen LogP contribution in [0.3, 0.4) is 0 Å². The highest BCUT2D eigenvalue weighted by molar-refractivity contribution is 6.11. The molecule has 0 saturated carbocycles. The van der Waals surface area contributed by atoms with Crippen LogP contribution in [0.1, 0.15) is 20.8 Å². The molecule has 0 unspecified atom stereocenters. The first-order chi connectivity index (χ1) is 8.69. The first kappa shape index (κ1) is 12.0. The molecule has 1 heterocycles. The summed E-state index contributed by atoms with van der Waals surface area (Å²) in [6.07, 6.45) is 1.52. The van der Waals surface area contributed by atoms with Crippen molar-refractivity contribution in [2.75, 3.05) is 14.2 Å². The Bertz CT molecular complexity index is 621. The average molecular weight is 245 g/mol. The number of esters is 2. The van der Waals surface area contributed by atoms with Crippen LogP contribution in [-0.2, 0) is 9.47 Å². The van der Waals surface area contributed by atoms with Crippen LogP contribution in [0.2, 0.25) is 0 Å². The van der Waals surface area contributed by atoms with Gasteiger partial charge in [-0.2, -0.15) is 0 Å². The minimum atomic E-state index is -0.666. The second-order valence-electron chi connectivity index (χ2n) is 3.55. The normalized spacial score (nSPS) is 10.1. The predicted molar refractivity (Wildman–Crippen MR) is 64.4 cm³/mol. The highest BCUT2D eigenvalue weighted by Crippen LogP contribution is 2.21. The van der Waals surface area contributed by atoms with Gasteiger partial charge < -0.3 is 9.47 Å². The molecule has 1 aromatic carbocycles. The van der Waals surface area contributed by atoms with Crippen molar-refractivity contribution in [3.8, 4) is 0 Å². The summed E-state index contributed by atoms with van der Waals surface area (Å²) in [5.74, 6) is -1.28. The van der Waals surface area contributed by atoms with E-state index in [-0.39, 0.29) is 11.3 Å². The maximum Gasteiger partial charge on any atom is 0.357 e. The van der Waals surface area contributed by atoms with Crippen LogP contribution in [0.15, 0.2) is 30.5 Å². The average Bonchev–Trinajstić information content (AvgIpc) is 2.44. The number of nitrogens with zero attached hydrogens (tertiary/aromatic N) is 1. The monoisotopic (exact) mass is 245 g/mol. The van der Waals surface area contributed by atoms with Gasteiger partial charge in [-0.15, -0.1) is 0 Å². The number of hydrogen-bond donors (Lipinski definition) is 0. The molecule has 0 aliphatic carbocycles. The highest BCUT2D eigenvalue weighted by Gasteiger charge is 2.22. The number of ether oxygens (including phenoxy) is 2. The molecular formula is C13H11NO4. The number of methoxy groups -OCH3 is 2. The molecule has 0 atom stereocenters. The quantitative estimate of drug-likeness (QED) is 0.755. The maximum atomic E-state index is 11.8. The van der Waals surface area contributed by atoms with Crippen molar-refractivity contribution in [3.05, 3.63) is 41.7 Å². The van der Waals surface area contributed by atoms with Gasteiger partial charge in [-0.1, -0.05) is 24.3 Å². The summed E-state index contributed by atoms with van der Waals surface area (Å²) in [6, 6.07) is 7.13. The molecule has 0 spiro atoms. The number of rotatable bonds is 2. The SMILES string of the molecule is COC(=O)c1ncc2ccccc2c1C(=O)OC. The van der Waals surface area contributed by atoms with E-state index in [1.165, 1.54) is 20.4 Å². The number of pyridine rings is 1.